The van der Waals surface area contributed by atoms with Crippen LogP contribution in [0.3, 0.4) is 0 Å². The Kier molecular flexibility index (Phi) is 7.88. The first kappa shape index (κ1) is 24.5. The van der Waals surface area contributed by atoms with Crippen LogP contribution >= 0.6 is 0 Å². The van der Waals surface area contributed by atoms with Gasteiger partial charge in [-0.3, -0.25) is 10.1 Å². The van der Waals surface area contributed by atoms with Gasteiger partial charge in [0.15, 0.2) is 6.61 Å². The minimum Gasteiger partial charge on any atom is -0.467 e. The van der Waals surface area contributed by atoms with E-state index < -0.39 is 34.5 Å². The second-order valence-corrected chi connectivity index (χ2v) is 10.1. The Bertz CT molecular complexity index is 1090. The van der Waals surface area contributed by atoms with E-state index in [2.05, 4.69) is 5.32 Å². The lowest BCUT2D eigenvalue weighted by atomic mass is 9.94. The fourth-order valence-corrected chi connectivity index (χ4v) is 5.46. The number of nitrogens with one attached hydrogen (secondary N) is 2. The molecule has 1 aromatic heterocycles. The molecule has 178 valence electrons. The molecular formula is C22H27N3O7S. The van der Waals surface area contributed by atoms with Crippen LogP contribution in [0, 0.1) is 11.8 Å². The number of sulfonamides is 1. The normalized spacial score (nSPS) is 19.0. The Labute approximate surface area is 192 Å². The third kappa shape index (κ3) is 6.65. The van der Waals surface area contributed by atoms with E-state index in [1.54, 1.807) is 12.1 Å². The molecule has 2 atom stereocenters. The summed E-state index contributed by atoms with van der Waals surface area (Å²) in [6.45, 7) is 4.24. The van der Waals surface area contributed by atoms with E-state index in [1.807, 2.05) is 19.2 Å². The first-order valence-corrected chi connectivity index (χ1v) is 12.0. The number of carbonyl (C=O) groups is 3. The second-order valence-electron chi connectivity index (χ2n) is 8.18. The summed E-state index contributed by atoms with van der Waals surface area (Å²) in [6.07, 6.45) is 2.41. The predicted molar refractivity (Wildman–Crippen MR) is 118 cm³/mol. The molecule has 1 aliphatic heterocycles. The number of rotatable bonds is 7. The molecule has 3 amide bonds. The minimum absolute atomic E-state index is 0.00995. The molecule has 0 bridgehead atoms. The molecule has 10 nitrogen and oxygen atoms in total. The fourth-order valence-electron chi connectivity index (χ4n) is 3.74. The number of hydrogen-bond acceptors (Lipinski definition) is 7. The predicted octanol–water partition coefficient (Wildman–Crippen LogP) is 2.13. The molecule has 0 radical (unpaired) electrons. The molecule has 33 heavy (non-hydrogen) atoms. The average Bonchev–Trinajstić information content (AvgIpc) is 3.29. The third-order valence-electron chi connectivity index (χ3n) is 5.13. The molecule has 3 rings (SSSR count). The van der Waals surface area contributed by atoms with Crippen molar-refractivity contribution in [2.24, 2.45) is 11.8 Å². The lowest BCUT2D eigenvalue weighted by Crippen LogP contribution is -2.42. The molecule has 0 saturated carbocycles. The van der Waals surface area contributed by atoms with Crippen LogP contribution in [0.2, 0.25) is 0 Å². The Morgan fingerprint density at radius 3 is 2.52 bits per heavy atom. The van der Waals surface area contributed by atoms with Crippen LogP contribution in [0.1, 0.15) is 36.4 Å². The highest BCUT2D eigenvalue weighted by molar-refractivity contribution is 7.89. The zero-order chi connectivity index (χ0) is 24.0. The van der Waals surface area contributed by atoms with Gasteiger partial charge >= 0.3 is 12.0 Å². The van der Waals surface area contributed by atoms with E-state index >= 15 is 0 Å². The molecule has 1 fully saturated rings. The highest BCUT2D eigenvalue weighted by atomic mass is 32.2. The summed E-state index contributed by atoms with van der Waals surface area (Å²) in [4.78, 5) is 35.9. The van der Waals surface area contributed by atoms with Crippen molar-refractivity contribution >= 4 is 27.9 Å². The van der Waals surface area contributed by atoms with Crippen LogP contribution < -0.4 is 10.6 Å². The average molecular weight is 478 g/mol. The smallest absolute Gasteiger partial charge is 0.338 e. The van der Waals surface area contributed by atoms with Gasteiger partial charge in [-0.2, -0.15) is 4.31 Å². The Hall–Kier alpha value is -3.18. The Balaban J connectivity index is 1.54. The zero-order valence-corrected chi connectivity index (χ0v) is 19.3. The maximum atomic E-state index is 13.0. The van der Waals surface area contributed by atoms with Gasteiger partial charge in [-0.05, 0) is 48.6 Å². The lowest BCUT2D eigenvalue weighted by molar-refractivity contribution is -0.123. The van der Waals surface area contributed by atoms with Crippen LogP contribution in [0.4, 0.5) is 4.79 Å². The van der Waals surface area contributed by atoms with Gasteiger partial charge in [0.2, 0.25) is 10.0 Å². The van der Waals surface area contributed by atoms with Crippen LogP contribution in [0.15, 0.2) is 52.0 Å². The molecule has 11 heteroatoms. The summed E-state index contributed by atoms with van der Waals surface area (Å²) in [5, 5.41) is 4.45. The number of benzene rings is 1. The van der Waals surface area contributed by atoms with Gasteiger partial charge in [0, 0.05) is 13.1 Å². The first-order valence-electron chi connectivity index (χ1n) is 10.5. The molecular weight excluding hydrogens is 450 g/mol. The quantitative estimate of drug-likeness (QED) is 0.583. The summed E-state index contributed by atoms with van der Waals surface area (Å²) in [6, 6.07) is 8.05. The summed E-state index contributed by atoms with van der Waals surface area (Å²) in [7, 11) is -3.77. The van der Waals surface area contributed by atoms with Crippen LogP contribution in [-0.4, -0.2) is 50.3 Å². The number of imide groups is 1. The number of carbonyl (C=O) groups excluding carboxylic acids is 3. The van der Waals surface area contributed by atoms with Crippen molar-refractivity contribution in [2.75, 3.05) is 19.7 Å². The summed E-state index contributed by atoms with van der Waals surface area (Å²) < 4.78 is 37.5. The molecule has 2 aromatic rings. The maximum Gasteiger partial charge on any atom is 0.338 e. The first-order chi connectivity index (χ1) is 15.6. The van der Waals surface area contributed by atoms with Crippen molar-refractivity contribution in [3.8, 4) is 0 Å². The third-order valence-corrected chi connectivity index (χ3v) is 6.96. The van der Waals surface area contributed by atoms with Gasteiger partial charge in [0.05, 0.1) is 23.3 Å². The fraction of sp³-hybridized carbons (Fsp3) is 0.409. The van der Waals surface area contributed by atoms with Crippen molar-refractivity contribution < 1.29 is 32.0 Å². The summed E-state index contributed by atoms with van der Waals surface area (Å²) in [5.74, 6) is -0.718. The molecule has 2 heterocycles. The Morgan fingerprint density at radius 2 is 1.85 bits per heavy atom. The molecule has 1 aromatic carbocycles. The van der Waals surface area contributed by atoms with Crippen molar-refractivity contribution in [3.63, 3.8) is 0 Å². The van der Waals surface area contributed by atoms with Gasteiger partial charge in [-0.25, -0.2) is 18.0 Å². The number of hydrogen-bond donors (Lipinski definition) is 2. The highest BCUT2D eigenvalue weighted by Crippen LogP contribution is 2.27. The van der Waals surface area contributed by atoms with Gasteiger partial charge in [0.1, 0.15) is 5.76 Å². The number of piperidine rings is 1. The summed E-state index contributed by atoms with van der Waals surface area (Å²) >= 11 is 0. The molecule has 1 saturated heterocycles. The largest absolute Gasteiger partial charge is 0.467 e. The van der Waals surface area contributed by atoms with E-state index in [-0.39, 0.29) is 28.8 Å². The number of furan rings is 1. The number of amides is 3. The number of urea groups is 1. The Morgan fingerprint density at radius 1 is 1.12 bits per heavy atom. The topological polar surface area (TPSA) is 135 Å². The zero-order valence-electron chi connectivity index (χ0n) is 18.4. The van der Waals surface area contributed by atoms with E-state index in [9.17, 15) is 22.8 Å². The second kappa shape index (κ2) is 10.6. The molecule has 0 spiro atoms. The van der Waals surface area contributed by atoms with Crippen molar-refractivity contribution in [1.29, 1.82) is 0 Å². The standard InChI is InChI=1S/C22H27N3O7S/c1-15-9-16(2)13-25(12-15)33(29,30)19-7-3-5-17(10-19)21(27)32-14-20(26)24-22(28)23-11-18-6-4-8-31-18/h3-8,10,15-16H,9,11-14H2,1-2H3,(H2,23,24,26,28). The van der Waals surface area contributed by atoms with Crippen LogP contribution in [0.25, 0.3) is 0 Å². The summed E-state index contributed by atoms with van der Waals surface area (Å²) in [5.41, 5.74) is -0.00995. The van der Waals surface area contributed by atoms with Crippen molar-refractivity contribution in [3.05, 3.63) is 54.0 Å². The van der Waals surface area contributed by atoms with Gasteiger partial charge in [0.25, 0.3) is 5.91 Å². The lowest BCUT2D eigenvalue weighted by Gasteiger charge is -2.34. The van der Waals surface area contributed by atoms with E-state index in [1.165, 1.54) is 34.8 Å². The van der Waals surface area contributed by atoms with E-state index in [4.69, 9.17) is 9.15 Å². The van der Waals surface area contributed by atoms with E-state index in [0.717, 1.165) is 6.42 Å². The number of nitrogens with zero attached hydrogens (tertiary/aromatic N) is 1. The molecule has 2 N–H and O–H groups in total. The van der Waals surface area contributed by atoms with Gasteiger partial charge < -0.3 is 14.5 Å². The van der Waals surface area contributed by atoms with Crippen molar-refractivity contribution in [2.45, 2.75) is 31.7 Å². The SMILES string of the molecule is CC1CC(C)CN(S(=O)(=O)c2cccc(C(=O)OCC(=O)NC(=O)NCc3ccco3)c2)C1. The van der Waals surface area contributed by atoms with Gasteiger partial charge in [-0.15, -0.1) is 0 Å². The van der Waals surface area contributed by atoms with E-state index in [0.29, 0.717) is 18.8 Å². The number of ether oxygens (including phenoxy) is 1. The highest BCUT2D eigenvalue weighted by Gasteiger charge is 2.32. The molecule has 0 aliphatic carbocycles. The monoisotopic (exact) mass is 477 g/mol. The van der Waals surface area contributed by atoms with Crippen molar-refractivity contribution in [1.82, 2.24) is 14.9 Å². The van der Waals surface area contributed by atoms with Gasteiger partial charge in [-0.1, -0.05) is 19.9 Å². The van der Waals surface area contributed by atoms with Crippen LogP contribution in [0.5, 0.6) is 0 Å². The molecule has 1 aliphatic rings. The minimum atomic E-state index is -3.77. The maximum absolute atomic E-state index is 13.0. The number of esters is 1. The van der Waals surface area contributed by atoms with Crippen LogP contribution in [-0.2, 0) is 26.1 Å². The molecule has 2 unspecified atom stereocenters.